The lowest BCUT2D eigenvalue weighted by molar-refractivity contribution is -0.156. The molecule has 0 amide bonds. The van der Waals surface area contributed by atoms with Gasteiger partial charge in [-0.2, -0.15) is 0 Å². The molecule has 4 atom stereocenters. The highest BCUT2D eigenvalue weighted by atomic mass is 16.4. The molecule has 0 aromatic heterocycles. The summed E-state index contributed by atoms with van der Waals surface area (Å²) in [5, 5.41) is 18.4. The topological polar surface area (TPSA) is 74.6 Å². The number of hydrogen-bond donors (Lipinski definition) is 2. The van der Waals surface area contributed by atoms with Crippen molar-refractivity contribution in [2.75, 3.05) is 0 Å². The van der Waals surface area contributed by atoms with Gasteiger partial charge in [-0.3, -0.25) is 9.59 Å². The van der Waals surface area contributed by atoms with E-state index >= 15 is 0 Å². The molecule has 2 N–H and O–H groups in total. The molecule has 2 aliphatic carbocycles. The number of allylic oxidation sites excluding steroid dienone is 2. The summed E-state index contributed by atoms with van der Waals surface area (Å²) in [7, 11) is 0. The summed E-state index contributed by atoms with van der Waals surface area (Å²) in [6, 6.07) is 0. The molecule has 0 aromatic carbocycles. The molecular formula is C13H18O4. The third kappa shape index (κ3) is 2.21. The van der Waals surface area contributed by atoms with E-state index in [4.69, 9.17) is 5.11 Å². The lowest BCUT2D eigenvalue weighted by Crippen LogP contribution is -2.40. The van der Waals surface area contributed by atoms with E-state index < -0.39 is 23.8 Å². The van der Waals surface area contributed by atoms with E-state index in [1.54, 1.807) is 0 Å². The van der Waals surface area contributed by atoms with E-state index in [2.05, 4.69) is 6.92 Å². The summed E-state index contributed by atoms with van der Waals surface area (Å²) in [5.41, 5.74) is 1.17. The van der Waals surface area contributed by atoms with Crippen molar-refractivity contribution in [1.29, 1.82) is 0 Å². The second kappa shape index (κ2) is 4.51. The normalized spacial score (nSPS) is 36.9. The SMILES string of the molecule is C[C@@H]1CCC2=CC[C@@H](C(=O)O)[C@@H](C(=O)O)[C@H]2C1. The number of hydrogen-bond acceptors (Lipinski definition) is 2. The van der Waals surface area contributed by atoms with Gasteiger partial charge in [0, 0.05) is 0 Å². The summed E-state index contributed by atoms with van der Waals surface area (Å²) in [4.78, 5) is 22.5. The van der Waals surface area contributed by atoms with Crippen LogP contribution in [0.4, 0.5) is 0 Å². The van der Waals surface area contributed by atoms with Crippen LogP contribution < -0.4 is 0 Å². The van der Waals surface area contributed by atoms with Gasteiger partial charge in [-0.1, -0.05) is 18.6 Å². The Morgan fingerprint density at radius 3 is 2.59 bits per heavy atom. The van der Waals surface area contributed by atoms with Gasteiger partial charge in [0.25, 0.3) is 0 Å². The van der Waals surface area contributed by atoms with E-state index in [0.29, 0.717) is 12.3 Å². The summed E-state index contributed by atoms with van der Waals surface area (Å²) < 4.78 is 0. The predicted molar refractivity (Wildman–Crippen MR) is 61.5 cm³/mol. The smallest absolute Gasteiger partial charge is 0.307 e. The molecule has 0 aliphatic heterocycles. The van der Waals surface area contributed by atoms with Crippen LogP contribution in [0.15, 0.2) is 11.6 Å². The number of rotatable bonds is 2. The average molecular weight is 238 g/mol. The van der Waals surface area contributed by atoms with E-state index in [-0.39, 0.29) is 5.92 Å². The van der Waals surface area contributed by atoms with Gasteiger partial charge >= 0.3 is 11.9 Å². The van der Waals surface area contributed by atoms with Gasteiger partial charge in [0.1, 0.15) is 0 Å². The molecule has 2 rings (SSSR count). The van der Waals surface area contributed by atoms with Gasteiger partial charge in [0.05, 0.1) is 11.8 Å². The van der Waals surface area contributed by atoms with Gasteiger partial charge in [-0.05, 0) is 37.5 Å². The fraction of sp³-hybridized carbons (Fsp3) is 0.692. The first-order chi connectivity index (χ1) is 8.00. The molecule has 0 spiro atoms. The van der Waals surface area contributed by atoms with Gasteiger partial charge in [0.2, 0.25) is 0 Å². The van der Waals surface area contributed by atoms with Crippen LogP contribution in [0.5, 0.6) is 0 Å². The van der Waals surface area contributed by atoms with Gasteiger partial charge in [-0.15, -0.1) is 0 Å². The van der Waals surface area contributed by atoms with Gasteiger partial charge in [-0.25, -0.2) is 0 Å². The molecule has 1 saturated carbocycles. The van der Waals surface area contributed by atoms with E-state index in [1.807, 2.05) is 6.08 Å². The van der Waals surface area contributed by atoms with Crippen molar-refractivity contribution in [3.05, 3.63) is 11.6 Å². The molecule has 0 unspecified atom stereocenters. The van der Waals surface area contributed by atoms with E-state index in [0.717, 1.165) is 19.3 Å². The predicted octanol–water partition coefficient (Wildman–Crippen LogP) is 2.15. The van der Waals surface area contributed by atoms with Crippen LogP contribution in [0.2, 0.25) is 0 Å². The molecule has 0 bridgehead atoms. The van der Waals surface area contributed by atoms with Gasteiger partial charge in [0.15, 0.2) is 0 Å². The van der Waals surface area contributed by atoms with Crippen molar-refractivity contribution in [3.63, 3.8) is 0 Å². The van der Waals surface area contributed by atoms with E-state index in [9.17, 15) is 14.7 Å². The van der Waals surface area contributed by atoms with E-state index in [1.165, 1.54) is 5.57 Å². The molecule has 1 fully saturated rings. The molecule has 0 aromatic rings. The summed E-state index contributed by atoms with van der Waals surface area (Å²) >= 11 is 0. The molecule has 94 valence electrons. The maximum Gasteiger partial charge on any atom is 0.307 e. The molecule has 4 heteroatoms. The zero-order valence-electron chi connectivity index (χ0n) is 9.93. The second-order valence-corrected chi connectivity index (χ2v) is 5.31. The Morgan fingerprint density at radius 1 is 1.29 bits per heavy atom. The Bertz CT molecular complexity index is 372. The Morgan fingerprint density at radius 2 is 2.00 bits per heavy atom. The molecule has 17 heavy (non-hydrogen) atoms. The Balaban J connectivity index is 2.30. The zero-order valence-corrected chi connectivity index (χ0v) is 9.93. The minimum absolute atomic E-state index is 0.0638. The van der Waals surface area contributed by atoms with Crippen LogP contribution in [0.3, 0.4) is 0 Å². The van der Waals surface area contributed by atoms with Crippen LogP contribution >= 0.6 is 0 Å². The molecule has 0 radical (unpaired) electrons. The van der Waals surface area contributed by atoms with Crippen molar-refractivity contribution in [2.45, 2.75) is 32.6 Å². The molecule has 0 heterocycles. The number of carboxylic acid groups (broad SMARTS) is 2. The minimum atomic E-state index is -0.981. The quantitative estimate of drug-likeness (QED) is 0.723. The first-order valence-corrected chi connectivity index (χ1v) is 6.15. The fourth-order valence-electron chi connectivity index (χ4n) is 3.24. The lowest BCUT2D eigenvalue weighted by Gasteiger charge is -2.39. The van der Waals surface area contributed by atoms with Crippen molar-refractivity contribution in [2.24, 2.45) is 23.7 Å². The van der Waals surface area contributed by atoms with Crippen LogP contribution in [-0.4, -0.2) is 22.2 Å². The van der Waals surface area contributed by atoms with Crippen LogP contribution in [0.25, 0.3) is 0 Å². The minimum Gasteiger partial charge on any atom is -0.481 e. The van der Waals surface area contributed by atoms with Gasteiger partial charge < -0.3 is 10.2 Å². The summed E-state index contributed by atoms with van der Waals surface area (Å²) in [5.74, 6) is -3.01. The Kier molecular flexibility index (Phi) is 3.22. The first kappa shape index (κ1) is 12.1. The second-order valence-electron chi connectivity index (χ2n) is 5.31. The van der Waals surface area contributed by atoms with Crippen molar-refractivity contribution in [3.8, 4) is 0 Å². The standard InChI is InChI=1S/C13H18O4/c1-7-2-3-8-4-5-9(12(14)15)11(13(16)17)10(8)6-7/h4,7,9-11H,2-3,5-6H2,1H3,(H,14,15)(H,16,17)/t7-,9-,10+,11-/m1/s1. The number of carbonyl (C=O) groups is 2. The van der Waals surface area contributed by atoms with Crippen molar-refractivity contribution < 1.29 is 19.8 Å². The summed E-state index contributed by atoms with van der Waals surface area (Å²) in [6.45, 7) is 2.11. The highest BCUT2D eigenvalue weighted by Crippen LogP contribution is 2.44. The third-order valence-electron chi connectivity index (χ3n) is 4.16. The molecule has 4 nitrogen and oxygen atoms in total. The molecule has 2 aliphatic rings. The maximum absolute atomic E-state index is 11.3. The Hall–Kier alpha value is -1.32. The number of carboxylic acids is 2. The summed E-state index contributed by atoms with van der Waals surface area (Å²) in [6.07, 6.45) is 5.17. The zero-order chi connectivity index (χ0) is 12.6. The fourth-order valence-corrected chi connectivity index (χ4v) is 3.24. The first-order valence-electron chi connectivity index (χ1n) is 6.15. The number of fused-ring (bicyclic) bond motifs is 1. The highest BCUT2D eigenvalue weighted by Gasteiger charge is 2.44. The molecule has 0 saturated heterocycles. The average Bonchev–Trinajstić information content (AvgIpc) is 2.26. The lowest BCUT2D eigenvalue weighted by atomic mass is 9.64. The third-order valence-corrected chi connectivity index (χ3v) is 4.16. The van der Waals surface area contributed by atoms with Crippen LogP contribution in [0.1, 0.15) is 32.6 Å². The molecular weight excluding hydrogens is 220 g/mol. The van der Waals surface area contributed by atoms with Crippen molar-refractivity contribution >= 4 is 11.9 Å². The number of aliphatic carboxylic acids is 2. The monoisotopic (exact) mass is 238 g/mol. The van der Waals surface area contributed by atoms with Crippen LogP contribution in [0, 0.1) is 23.7 Å². The highest BCUT2D eigenvalue weighted by molar-refractivity contribution is 5.81. The van der Waals surface area contributed by atoms with Crippen LogP contribution in [-0.2, 0) is 9.59 Å². The largest absolute Gasteiger partial charge is 0.481 e. The van der Waals surface area contributed by atoms with Crippen molar-refractivity contribution in [1.82, 2.24) is 0 Å². The maximum atomic E-state index is 11.3. The Labute approximate surface area is 100 Å².